The number of amides is 2. The van der Waals surface area contributed by atoms with E-state index < -0.39 is 71.1 Å². The maximum absolute atomic E-state index is 15.5. The third-order valence-corrected chi connectivity index (χ3v) is 9.65. The Labute approximate surface area is 303 Å². The number of benzene rings is 2. The van der Waals surface area contributed by atoms with Crippen molar-refractivity contribution < 1.29 is 32.3 Å². The lowest BCUT2D eigenvalue weighted by Gasteiger charge is -2.24. The van der Waals surface area contributed by atoms with E-state index in [-0.39, 0.29) is 41.1 Å². The number of nitrogens with one attached hydrogen (secondary N) is 2. The highest BCUT2D eigenvalue weighted by molar-refractivity contribution is 6.31. The van der Waals surface area contributed by atoms with Gasteiger partial charge in [0.1, 0.15) is 35.2 Å². The Bertz CT molecular complexity index is 2150. The van der Waals surface area contributed by atoms with Crippen LogP contribution in [0.15, 0.2) is 42.5 Å². The molecule has 14 heteroatoms. The van der Waals surface area contributed by atoms with E-state index in [1.54, 1.807) is 31.2 Å². The van der Waals surface area contributed by atoms with Gasteiger partial charge in [-0.25, -0.2) is 13.8 Å². The highest BCUT2D eigenvalue weighted by Crippen LogP contribution is 2.67. The molecule has 2 aliphatic rings. The van der Waals surface area contributed by atoms with Crippen molar-refractivity contribution in [1.29, 1.82) is 0 Å². The van der Waals surface area contributed by atoms with E-state index >= 15 is 8.78 Å². The lowest BCUT2D eigenvalue weighted by molar-refractivity contribution is -0.122. The number of alkyl halides is 2. The monoisotopic (exact) mass is 736 g/mol. The maximum Gasteiger partial charge on any atom is 0.293 e. The summed E-state index contributed by atoms with van der Waals surface area (Å²) in [5.41, 5.74) is 7.55. The average molecular weight is 737 g/mol. The van der Waals surface area contributed by atoms with E-state index in [0.29, 0.717) is 27.8 Å². The Morgan fingerprint density at radius 2 is 1.83 bits per heavy atom. The molecular formula is C38H37ClF4N6O3. The number of nitrogens with two attached hydrogens (primary N) is 1. The van der Waals surface area contributed by atoms with E-state index in [1.807, 2.05) is 6.92 Å². The van der Waals surface area contributed by atoms with Crippen LogP contribution in [0.25, 0.3) is 11.1 Å². The molecule has 0 aliphatic heterocycles. The zero-order valence-electron chi connectivity index (χ0n) is 29.0. The number of rotatable bonds is 9. The number of pyridine rings is 1. The molecule has 2 amide bonds. The Morgan fingerprint density at radius 3 is 2.46 bits per heavy atom. The second-order valence-electron chi connectivity index (χ2n) is 13.9. The van der Waals surface area contributed by atoms with E-state index in [9.17, 15) is 23.5 Å². The van der Waals surface area contributed by atoms with Crippen LogP contribution in [-0.2, 0) is 23.7 Å². The van der Waals surface area contributed by atoms with Gasteiger partial charge in [-0.05, 0) is 105 Å². The van der Waals surface area contributed by atoms with Crippen LogP contribution in [0, 0.1) is 36.3 Å². The van der Waals surface area contributed by atoms with Crippen molar-refractivity contribution in [3.8, 4) is 23.0 Å². The summed E-state index contributed by atoms with van der Waals surface area (Å²) < 4.78 is 60.8. The van der Waals surface area contributed by atoms with Crippen molar-refractivity contribution in [1.82, 2.24) is 25.4 Å². The first-order valence-corrected chi connectivity index (χ1v) is 17.0. The van der Waals surface area contributed by atoms with Gasteiger partial charge in [0.2, 0.25) is 5.91 Å². The molecule has 9 nitrogen and oxygen atoms in total. The molecule has 2 heterocycles. The molecule has 0 saturated heterocycles. The zero-order chi connectivity index (χ0) is 37.9. The highest BCUT2D eigenvalue weighted by Gasteiger charge is 2.67. The summed E-state index contributed by atoms with van der Waals surface area (Å²) in [7, 11) is 1.36. The first-order chi connectivity index (χ1) is 24.4. The Balaban J connectivity index is 1.48. The number of carbonyl (C=O) groups excluding carboxylic acids is 2. The van der Waals surface area contributed by atoms with Crippen LogP contribution in [0.5, 0.6) is 0 Å². The van der Waals surface area contributed by atoms with E-state index in [2.05, 4.69) is 27.6 Å². The minimum Gasteiger partial charge on any atom is -0.378 e. The van der Waals surface area contributed by atoms with Gasteiger partial charge in [0.25, 0.3) is 11.8 Å². The van der Waals surface area contributed by atoms with Gasteiger partial charge in [-0.3, -0.25) is 14.3 Å². The topological polar surface area (TPSA) is 135 Å². The number of nitrogens with zero attached hydrogens (tertiary/aromatic N) is 3. The molecule has 1 unspecified atom stereocenters. The second kappa shape index (κ2) is 13.7. The molecule has 6 rings (SSSR count). The van der Waals surface area contributed by atoms with Crippen molar-refractivity contribution >= 4 is 23.4 Å². The molecule has 0 radical (unpaired) electrons. The quantitative estimate of drug-likeness (QED) is 0.123. The largest absolute Gasteiger partial charge is 0.378 e. The molecule has 52 heavy (non-hydrogen) atoms. The molecule has 2 aromatic heterocycles. The van der Waals surface area contributed by atoms with Gasteiger partial charge in [-0.15, -0.1) is 0 Å². The summed E-state index contributed by atoms with van der Waals surface area (Å²) in [6.07, 6.45) is 0.0284. The van der Waals surface area contributed by atoms with Crippen LogP contribution in [0.4, 0.5) is 17.6 Å². The zero-order valence-corrected chi connectivity index (χ0v) is 29.8. The first kappa shape index (κ1) is 37.0. The summed E-state index contributed by atoms with van der Waals surface area (Å²) in [5.74, 6) is -2.39. The van der Waals surface area contributed by atoms with Crippen LogP contribution >= 0.6 is 11.6 Å². The summed E-state index contributed by atoms with van der Waals surface area (Å²) in [5, 5.41) is 20.1. The molecule has 4 aromatic rings. The minimum absolute atomic E-state index is 0.138. The molecular weight excluding hydrogens is 700 g/mol. The Hall–Kier alpha value is -4.77. The summed E-state index contributed by atoms with van der Waals surface area (Å²) >= 11 is 6.53. The molecule has 272 valence electrons. The molecule has 5 N–H and O–H groups in total. The van der Waals surface area contributed by atoms with Crippen LogP contribution < -0.4 is 16.4 Å². The standard InChI is InChI=1S/C38H37ClF4N6O3/c1-18-24(8-9-28(39)31(18)19(2)44)25-7-6-23(10-11-37(3,4)52)46-33(25)29(14-20-12-21(40)15-22(41)13-20)47-30(50)17-49-35-32(34(48-49)36(51)45-5)26-16-27(26)38(35,42)43/h6-9,12-13,15,19,26-27,29,52H,14,16-17,44H2,1-5H3,(H,45,51)(H,47,50)/t19-,26-,27+,29?/m0/s1. The molecule has 0 spiro atoms. The van der Waals surface area contributed by atoms with Gasteiger partial charge in [0.15, 0.2) is 5.69 Å². The molecule has 1 fully saturated rings. The van der Waals surface area contributed by atoms with Crippen LogP contribution in [0.3, 0.4) is 0 Å². The van der Waals surface area contributed by atoms with Gasteiger partial charge in [0.05, 0.1) is 11.7 Å². The predicted octanol–water partition coefficient (Wildman–Crippen LogP) is 6.00. The van der Waals surface area contributed by atoms with Crippen LogP contribution in [0.2, 0.25) is 5.02 Å². The van der Waals surface area contributed by atoms with Crippen molar-refractivity contribution in [2.45, 2.75) is 76.6 Å². The van der Waals surface area contributed by atoms with Crippen molar-refractivity contribution in [3.05, 3.63) is 104 Å². The van der Waals surface area contributed by atoms with Crippen molar-refractivity contribution in [3.63, 3.8) is 0 Å². The van der Waals surface area contributed by atoms with Crippen LogP contribution in [-0.4, -0.2) is 44.3 Å². The third-order valence-electron chi connectivity index (χ3n) is 9.32. The smallest absolute Gasteiger partial charge is 0.293 e. The summed E-state index contributed by atoms with van der Waals surface area (Å²) in [6.45, 7) is 5.91. The molecule has 1 saturated carbocycles. The van der Waals surface area contributed by atoms with Crippen LogP contribution in [0.1, 0.15) is 95.0 Å². The van der Waals surface area contributed by atoms with E-state index in [4.69, 9.17) is 22.3 Å². The fourth-order valence-electron chi connectivity index (χ4n) is 7.03. The fraction of sp³-hybridized carbons (Fsp3) is 0.368. The number of aliphatic hydroxyl groups is 1. The van der Waals surface area contributed by atoms with Gasteiger partial charge in [-0.2, -0.15) is 13.9 Å². The predicted molar refractivity (Wildman–Crippen MR) is 187 cm³/mol. The minimum atomic E-state index is -3.30. The normalized spacial score (nSPS) is 18.1. The van der Waals surface area contributed by atoms with Gasteiger partial charge >= 0.3 is 0 Å². The van der Waals surface area contributed by atoms with Gasteiger partial charge in [0, 0.05) is 41.2 Å². The lowest BCUT2D eigenvalue weighted by atomic mass is 9.89. The molecule has 2 aliphatic carbocycles. The molecule has 0 bridgehead atoms. The molecule has 2 aromatic carbocycles. The Kier molecular flexibility index (Phi) is 9.71. The lowest BCUT2D eigenvalue weighted by Crippen LogP contribution is -2.35. The van der Waals surface area contributed by atoms with Crippen molar-refractivity contribution in [2.75, 3.05) is 7.05 Å². The first-order valence-electron chi connectivity index (χ1n) is 16.7. The molecule has 4 atom stereocenters. The van der Waals surface area contributed by atoms with E-state index in [0.717, 1.165) is 22.4 Å². The fourth-order valence-corrected chi connectivity index (χ4v) is 7.40. The van der Waals surface area contributed by atoms with Gasteiger partial charge < -0.3 is 21.5 Å². The average Bonchev–Trinajstić information content (AvgIpc) is 3.71. The van der Waals surface area contributed by atoms with E-state index in [1.165, 1.54) is 20.9 Å². The summed E-state index contributed by atoms with van der Waals surface area (Å²) in [6, 6.07) is 8.15. The number of hydrogen-bond acceptors (Lipinski definition) is 6. The third kappa shape index (κ3) is 7.15. The maximum atomic E-state index is 15.5. The number of carbonyl (C=O) groups is 2. The number of halogens is 5. The van der Waals surface area contributed by atoms with Gasteiger partial charge in [-0.1, -0.05) is 23.6 Å². The second-order valence-corrected chi connectivity index (χ2v) is 14.3. The van der Waals surface area contributed by atoms with Crippen molar-refractivity contribution in [2.24, 2.45) is 11.7 Å². The number of hydrogen-bond donors (Lipinski definition) is 4. The summed E-state index contributed by atoms with van der Waals surface area (Å²) in [4.78, 5) is 31.4. The Morgan fingerprint density at radius 1 is 1.15 bits per heavy atom. The number of fused-ring (bicyclic) bond motifs is 3. The number of aromatic nitrogens is 3. The SMILES string of the molecule is CNC(=O)c1nn(CC(=O)NC(Cc2cc(F)cc(F)c2)c2nc(C#CC(C)(C)O)ccc2-c2ccc(Cl)c([C@H](C)N)c2C)c2c1[C@H]1C[C@H]1C2(F)F. The highest BCUT2D eigenvalue weighted by atomic mass is 35.5.